The second-order valence-corrected chi connectivity index (χ2v) is 3.41. The van der Waals surface area contributed by atoms with Gasteiger partial charge in [0, 0.05) is 12.1 Å². The zero-order valence-electron chi connectivity index (χ0n) is 9.82. The number of para-hydroxylation sites is 1. The highest BCUT2D eigenvalue weighted by molar-refractivity contribution is 5.77. The Kier molecular flexibility index (Phi) is 5.62. The quantitative estimate of drug-likeness (QED) is 0.704. The lowest BCUT2D eigenvalue weighted by Crippen LogP contribution is -2.29. The Bertz CT molecular complexity index is 410. The summed E-state index contributed by atoms with van der Waals surface area (Å²) in [6, 6.07) is 7.58. The Labute approximate surface area is 101 Å². The maximum Gasteiger partial charge on any atom is 0.258 e. The summed E-state index contributed by atoms with van der Waals surface area (Å²) in [5.41, 5.74) is 1.01. The van der Waals surface area contributed by atoms with Crippen LogP contribution in [0.25, 0.3) is 0 Å². The van der Waals surface area contributed by atoms with E-state index in [-0.39, 0.29) is 19.1 Å². The lowest BCUT2D eigenvalue weighted by Gasteiger charge is -2.10. The van der Waals surface area contributed by atoms with Crippen molar-refractivity contribution in [1.82, 2.24) is 10.6 Å². The fraction of sp³-hybridized carbons (Fsp3) is 0.308. The Morgan fingerprint density at radius 3 is 2.94 bits per heavy atom. The molecule has 17 heavy (non-hydrogen) atoms. The molecule has 0 aliphatic carbocycles. The maximum atomic E-state index is 11.3. The van der Waals surface area contributed by atoms with Gasteiger partial charge in [-0.3, -0.25) is 4.79 Å². The molecular weight excluding hydrogens is 216 g/mol. The van der Waals surface area contributed by atoms with Crippen LogP contribution < -0.4 is 15.4 Å². The summed E-state index contributed by atoms with van der Waals surface area (Å²) < 4.78 is 5.43. The standard InChI is InChI=1S/C13H16N2O2/c1-3-8-15-13(16)10-17-12-7-5-4-6-11(12)9-14-2/h1,4-7,14H,8-10H2,2H3,(H,15,16). The number of nitrogens with one attached hydrogen (secondary N) is 2. The van der Waals surface area contributed by atoms with Crippen LogP contribution in [0.5, 0.6) is 5.75 Å². The molecule has 0 unspecified atom stereocenters. The van der Waals surface area contributed by atoms with E-state index in [0.717, 1.165) is 5.56 Å². The van der Waals surface area contributed by atoms with Crippen molar-refractivity contribution in [3.05, 3.63) is 29.8 Å². The highest BCUT2D eigenvalue weighted by atomic mass is 16.5. The molecule has 0 bridgehead atoms. The van der Waals surface area contributed by atoms with E-state index < -0.39 is 0 Å². The maximum absolute atomic E-state index is 11.3. The average molecular weight is 232 g/mol. The van der Waals surface area contributed by atoms with Crippen LogP contribution in [0.4, 0.5) is 0 Å². The van der Waals surface area contributed by atoms with Crippen LogP contribution in [-0.2, 0) is 11.3 Å². The third kappa shape index (κ3) is 4.58. The first-order valence-electron chi connectivity index (χ1n) is 5.33. The zero-order chi connectivity index (χ0) is 12.5. The van der Waals surface area contributed by atoms with E-state index in [1.165, 1.54) is 0 Å². The SMILES string of the molecule is C#CCNC(=O)COc1ccccc1CNC. The topological polar surface area (TPSA) is 50.4 Å². The molecule has 0 saturated heterocycles. The molecule has 1 aromatic rings. The number of amides is 1. The van der Waals surface area contributed by atoms with Crippen LogP contribution in [0.15, 0.2) is 24.3 Å². The molecule has 4 heteroatoms. The molecule has 0 heterocycles. The Morgan fingerprint density at radius 2 is 2.24 bits per heavy atom. The highest BCUT2D eigenvalue weighted by Crippen LogP contribution is 2.17. The summed E-state index contributed by atoms with van der Waals surface area (Å²) in [6.07, 6.45) is 5.03. The van der Waals surface area contributed by atoms with Crippen LogP contribution in [0, 0.1) is 12.3 Å². The first-order chi connectivity index (χ1) is 8.27. The van der Waals surface area contributed by atoms with E-state index in [2.05, 4.69) is 16.6 Å². The van der Waals surface area contributed by atoms with E-state index in [9.17, 15) is 4.79 Å². The molecule has 0 spiro atoms. The van der Waals surface area contributed by atoms with Crippen molar-refractivity contribution in [3.63, 3.8) is 0 Å². The van der Waals surface area contributed by atoms with Gasteiger partial charge in [0.2, 0.25) is 0 Å². The predicted octanol–water partition coefficient (Wildman–Crippen LogP) is 0.534. The lowest BCUT2D eigenvalue weighted by molar-refractivity contribution is -0.122. The number of benzene rings is 1. The van der Waals surface area contributed by atoms with Gasteiger partial charge in [-0.25, -0.2) is 0 Å². The van der Waals surface area contributed by atoms with Gasteiger partial charge in [-0.1, -0.05) is 24.1 Å². The third-order valence-corrected chi connectivity index (χ3v) is 2.09. The first kappa shape index (κ1) is 13.1. The summed E-state index contributed by atoms with van der Waals surface area (Å²) in [6.45, 7) is 0.894. The summed E-state index contributed by atoms with van der Waals surface area (Å²) >= 11 is 0. The van der Waals surface area contributed by atoms with Gasteiger partial charge in [0.1, 0.15) is 5.75 Å². The van der Waals surface area contributed by atoms with E-state index in [1.54, 1.807) is 0 Å². The van der Waals surface area contributed by atoms with Gasteiger partial charge in [-0.2, -0.15) is 0 Å². The molecule has 0 aliphatic rings. The van der Waals surface area contributed by atoms with Crippen molar-refractivity contribution in [3.8, 4) is 18.1 Å². The van der Waals surface area contributed by atoms with Crippen molar-refractivity contribution in [2.45, 2.75) is 6.54 Å². The predicted molar refractivity (Wildman–Crippen MR) is 66.5 cm³/mol. The lowest BCUT2D eigenvalue weighted by atomic mass is 10.2. The minimum atomic E-state index is -0.220. The minimum Gasteiger partial charge on any atom is -0.483 e. The van der Waals surface area contributed by atoms with E-state index in [0.29, 0.717) is 12.3 Å². The molecule has 0 atom stereocenters. The number of rotatable bonds is 6. The number of carbonyl (C=O) groups excluding carboxylic acids is 1. The third-order valence-electron chi connectivity index (χ3n) is 2.09. The van der Waals surface area contributed by atoms with E-state index in [1.807, 2.05) is 31.3 Å². The van der Waals surface area contributed by atoms with Crippen LogP contribution >= 0.6 is 0 Å². The first-order valence-corrected chi connectivity index (χ1v) is 5.33. The minimum absolute atomic E-state index is 0.0254. The van der Waals surface area contributed by atoms with Gasteiger partial charge in [0.25, 0.3) is 5.91 Å². The van der Waals surface area contributed by atoms with Crippen molar-refractivity contribution in [2.24, 2.45) is 0 Å². The average Bonchev–Trinajstić information content (AvgIpc) is 2.35. The Hall–Kier alpha value is -1.99. The van der Waals surface area contributed by atoms with Crippen LogP contribution in [-0.4, -0.2) is 26.1 Å². The fourth-order valence-corrected chi connectivity index (χ4v) is 1.33. The summed E-state index contributed by atoms with van der Waals surface area (Å²) in [4.78, 5) is 11.3. The summed E-state index contributed by atoms with van der Waals surface area (Å²) in [5, 5.41) is 5.58. The summed E-state index contributed by atoms with van der Waals surface area (Å²) in [5.74, 6) is 2.82. The summed E-state index contributed by atoms with van der Waals surface area (Å²) in [7, 11) is 1.86. The van der Waals surface area contributed by atoms with Crippen molar-refractivity contribution in [1.29, 1.82) is 0 Å². The van der Waals surface area contributed by atoms with Gasteiger partial charge in [-0.05, 0) is 13.1 Å². The molecular formula is C13H16N2O2. The van der Waals surface area contributed by atoms with Crippen LogP contribution in [0.3, 0.4) is 0 Å². The second kappa shape index (κ2) is 7.31. The number of ether oxygens (including phenoxy) is 1. The zero-order valence-corrected chi connectivity index (χ0v) is 9.82. The molecule has 2 N–H and O–H groups in total. The van der Waals surface area contributed by atoms with Gasteiger partial charge in [0.15, 0.2) is 6.61 Å². The van der Waals surface area contributed by atoms with E-state index >= 15 is 0 Å². The normalized spacial score (nSPS) is 9.41. The van der Waals surface area contributed by atoms with Crippen LogP contribution in [0.1, 0.15) is 5.56 Å². The molecule has 1 rings (SSSR count). The molecule has 0 radical (unpaired) electrons. The molecule has 90 valence electrons. The molecule has 0 fully saturated rings. The number of terminal acetylenes is 1. The van der Waals surface area contributed by atoms with Crippen molar-refractivity contribution < 1.29 is 9.53 Å². The number of hydrogen-bond donors (Lipinski definition) is 2. The molecule has 0 aromatic heterocycles. The fourth-order valence-electron chi connectivity index (χ4n) is 1.33. The van der Waals surface area contributed by atoms with Crippen LogP contribution in [0.2, 0.25) is 0 Å². The molecule has 0 aliphatic heterocycles. The Morgan fingerprint density at radius 1 is 1.47 bits per heavy atom. The molecule has 0 saturated carbocycles. The van der Waals surface area contributed by atoms with Gasteiger partial charge >= 0.3 is 0 Å². The van der Waals surface area contributed by atoms with Gasteiger partial charge < -0.3 is 15.4 Å². The smallest absolute Gasteiger partial charge is 0.258 e. The monoisotopic (exact) mass is 232 g/mol. The number of carbonyl (C=O) groups is 1. The van der Waals surface area contributed by atoms with Gasteiger partial charge in [0.05, 0.1) is 6.54 Å². The molecule has 1 aromatic carbocycles. The van der Waals surface area contributed by atoms with Crippen molar-refractivity contribution in [2.75, 3.05) is 20.2 Å². The second-order valence-electron chi connectivity index (χ2n) is 3.41. The highest BCUT2D eigenvalue weighted by Gasteiger charge is 2.05. The van der Waals surface area contributed by atoms with E-state index in [4.69, 9.17) is 11.2 Å². The van der Waals surface area contributed by atoms with Crippen molar-refractivity contribution >= 4 is 5.91 Å². The molecule has 1 amide bonds. The largest absolute Gasteiger partial charge is 0.483 e. The molecule has 4 nitrogen and oxygen atoms in total. The Balaban J connectivity index is 2.51. The van der Waals surface area contributed by atoms with Gasteiger partial charge in [-0.15, -0.1) is 6.42 Å². The number of hydrogen-bond acceptors (Lipinski definition) is 3.